The van der Waals surface area contributed by atoms with E-state index in [1.165, 1.54) is 38.5 Å². The Balaban J connectivity index is 1.75. The molecule has 5 heteroatoms. The van der Waals surface area contributed by atoms with Crippen LogP contribution in [0.1, 0.15) is 38.5 Å². The quantitative estimate of drug-likeness (QED) is 0.780. The van der Waals surface area contributed by atoms with E-state index in [1.54, 1.807) is 0 Å². The number of hydrogen-bond acceptors (Lipinski definition) is 3. The Morgan fingerprint density at radius 3 is 2.56 bits per heavy atom. The maximum Gasteiger partial charge on any atom is 0.322 e. The van der Waals surface area contributed by atoms with Gasteiger partial charge in [0.05, 0.1) is 6.54 Å². The fraction of sp³-hybridized carbons (Fsp3) is 0.846. The Morgan fingerprint density at radius 2 is 1.89 bits per heavy atom. The van der Waals surface area contributed by atoms with Gasteiger partial charge in [-0.25, -0.2) is 0 Å². The van der Waals surface area contributed by atoms with Gasteiger partial charge < -0.3 is 10.4 Å². The van der Waals surface area contributed by atoms with Gasteiger partial charge in [-0.05, 0) is 31.2 Å². The van der Waals surface area contributed by atoms with Gasteiger partial charge >= 0.3 is 5.97 Å². The van der Waals surface area contributed by atoms with Gasteiger partial charge in [0.25, 0.3) is 0 Å². The molecule has 2 aliphatic rings. The number of carboxylic acid groups (broad SMARTS) is 1. The van der Waals surface area contributed by atoms with Crippen molar-refractivity contribution >= 4 is 11.9 Å². The number of carbonyl (C=O) groups excluding carboxylic acids is 1. The maximum atomic E-state index is 11.6. The Kier molecular flexibility index (Phi) is 4.22. The first-order valence-electron chi connectivity index (χ1n) is 6.81. The summed E-state index contributed by atoms with van der Waals surface area (Å²) in [5.41, 5.74) is 0.450. The lowest BCUT2D eigenvalue weighted by atomic mass is 9.73. The van der Waals surface area contributed by atoms with Crippen molar-refractivity contribution in [2.24, 2.45) is 5.41 Å². The summed E-state index contributed by atoms with van der Waals surface area (Å²) >= 11 is 0. The van der Waals surface area contributed by atoms with Gasteiger partial charge in [0, 0.05) is 6.54 Å². The van der Waals surface area contributed by atoms with E-state index in [4.69, 9.17) is 5.11 Å². The van der Waals surface area contributed by atoms with E-state index in [-0.39, 0.29) is 12.5 Å². The standard InChI is InChI=1S/C13H22N2O3/c16-11(14-8-12(17)18)9-15-7-6-13(10-15)4-2-1-3-5-13/h1-10H2,(H,14,16)(H,17,18). The molecule has 0 radical (unpaired) electrons. The van der Waals surface area contributed by atoms with E-state index in [2.05, 4.69) is 10.2 Å². The lowest BCUT2D eigenvalue weighted by Gasteiger charge is -2.33. The fourth-order valence-electron chi connectivity index (χ4n) is 3.31. The highest BCUT2D eigenvalue weighted by atomic mass is 16.4. The zero-order valence-electron chi connectivity index (χ0n) is 10.8. The first-order valence-corrected chi connectivity index (χ1v) is 6.81. The van der Waals surface area contributed by atoms with Crippen molar-refractivity contribution in [2.75, 3.05) is 26.2 Å². The molecule has 1 amide bonds. The molecule has 2 N–H and O–H groups in total. The first-order chi connectivity index (χ1) is 8.60. The van der Waals surface area contributed by atoms with Crippen LogP contribution in [0.4, 0.5) is 0 Å². The molecule has 1 spiro atoms. The molecule has 0 aromatic carbocycles. The normalized spacial score (nSPS) is 23.1. The van der Waals surface area contributed by atoms with Crippen LogP contribution in [-0.4, -0.2) is 48.1 Å². The average molecular weight is 254 g/mol. The van der Waals surface area contributed by atoms with Crippen LogP contribution in [-0.2, 0) is 9.59 Å². The van der Waals surface area contributed by atoms with Crippen molar-refractivity contribution in [1.82, 2.24) is 10.2 Å². The molecule has 1 saturated heterocycles. The highest BCUT2D eigenvalue weighted by Gasteiger charge is 2.38. The molecule has 18 heavy (non-hydrogen) atoms. The van der Waals surface area contributed by atoms with Crippen LogP contribution in [0.15, 0.2) is 0 Å². The Labute approximate surface area is 108 Å². The van der Waals surface area contributed by atoms with E-state index in [0.29, 0.717) is 12.0 Å². The molecule has 1 aliphatic carbocycles. The Bertz CT molecular complexity index is 324. The minimum atomic E-state index is -0.992. The average Bonchev–Trinajstić information content (AvgIpc) is 2.70. The number of nitrogens with zero attached hydrogens (tertiary/aromatic N) is 1. The summed E-state index contributed by atoms with van der Waals surface area (Å²) in [5, 5.41) is 10.9. The lowest BCUT2D eigenvalue weighted by Crippen LogP contribution is -2.39. The topological polar surface area (TPSA) is 69.6 Å². The van der Waals surface area contributed by atoms with Crippen molar-refractivity contribution in [3.63, 3.8) is 0 Å². The van der Waals surface area contributed by atoms with E-state index in [1.807, 2.05) is 0 Å². The van der Waals surface area contributed by atoms with Gasteiger partial charge in [-0.2, -0.15) is 0 Å². The van der Waals surface area contributed by atoms with Gasteiger partial charge in [-0.15, -0.1) is 0 Å². The third kappa shape index (κ3) is 3.45. The van der Waals surface area contributed by atoms with Gasteiger partial charge in [0.1, 0.15) is 6.54 Å². The number of hydrogen-bond donors (Lipinski definition) is 2. The van der Waals surface area contributed by atoms with Crippen LogP contribution in [0.5, 0.6) is 0 Å². The lowest BCUT2D eigenvalue weighted by molar-refractivity contribution is -0.138. The van der Waals surface area contributed by atoms with Gasteiger partial charge in [-0.3, -0.25) is 14.5 Å². The Hall–Kier alpha value is -1.10. The van der Waals surface area contributed by atoms with Gasteiger partial charge in [0.2, 0.25) is 5.91 Å². The van der Waals surface area contributed by atoms with Crippen LogP contribution in [0, 0.1) is 5.41 Å². The summed E-state index contributed by atoms with van der Waals surface area (Å²) < 4.78 is 0. The molecule has 5 nitrogen and oxygen atoms in total. The van der Waals surface area contributed by atoms with Crippen molar-refractivity contribution in [3.05, 3.63) is 0 Å². The van der Waals surface area contributed by atoms with E-state index < -0.39 is 5.97 Å². The Morgan fingerprint density at radius 1 is 1.17 bits per heavy atom. The second-order valence-electron chi connectivity index (χ2n) is 5.69. The van der Waals surface area contributed by atoms with E-state index >= 15 is 0 Å². The molecular weight excluding hydrogens is 232 g/mol. The molecule has 2 fully saturated rings. The second-order valence-corrected chi connectivity index (χ2v) is 5.69. The van der Waals surface area contributed by atoms with Crippen LogP contribution in [0.3, 0.4) is 0 Å². The molecule has 0 atom stereocenters. The molecule has 2 rings (SSSR count). The molecular formula is C13H22N2O3. The van der Waals surface area contributed by atoms with Crippen LogP contribution in [0.2, 0.25) is 0 Å². The number of rotatable bonds is 4. The predicted octanol–water partition coefficient (Wildman–Crippen LogP) is 0.843. The van der Waals surface area contributed by atoms with E-state index in [9.17, 15) is 9.59 Å². The number of aliphatic carboxylic acids is 1. The van der Waals surface area contributed by atoms with Crippen molar-refractivity contribution in [2.45, 2.75) is 38.5 Å². The molecule has 1 aliphatic heterocycles. The second kappa shape index (κ2) is 5.69. The van der Waals surface area contributed by atoms with Crippen LogP contribution < -0.4 is 5.32 Å². The number of carbonyl (C=O) groups is 2. The summed E-state index contributed by atoms with van der Waals surface area (Å²) in [6.07, 6.45) is 7.76. The summed E-state index contributed by atoms with van der Waals surface area (Å²) in [6, 6.07) is 0. The summed E-state index contributed by atoms with van der Waals surface area (Å²) in [4.78, 5) is 24.1. The number of nitrogens with one attached hydrogen (secondary N) is 1. The molecule has 102 valence electrons. The molecule has 1 heterocycles. The minimum Gasteiger partial charge on any atom is -0.480 e. The molecule has 0 unspecified atom stereocenters. The van der Waals surface area contributed by atoms with Crippen molar-refractivity contribution in [3.8, 4) is 0 Å². The smallest absolute Gasteiger partial charge is 0.322 e. The molecule has 1 saturated carbocycles. The SMILES string of the molecule is O=C(O)CNC(=O)CN1CCC2(CCCCC2)C1. The monoisotopic (exact) mass is 254 g/mol. The molecule has 0 bridgehead atoms. The van der Waals surface area contributed by atoms with Crippen molar-refractivity contribution in [1.29, 1.82) is 0 Å². The molecule has 0 aromatic rings. The maximum absolute atomic E-state index is 11.6. The highest BCUT2D eigenvalue weighted by Crippen LogP contribution is 2.43. The van der Waals surface area contributed by atoms with Gasteiger partial charge in [0.15, 0.2) is 0 Å². The first kappa shape index (κ1) is 13.3. The third-order valence-corrected chi connectivity index (χ3v) is 4.24. The zero-order valence-corrected chi connectivity index (χ0v) is 10.8. The van der Waals surface area contributed by atoms with Crippen LogP contribution in [0.25, 0.3) is 0 Å². The minimum absolute atomic E-state index is 0.176. The summed E-state index contributed by atoms with van der Waals surface area (Å²) in [7, 11) is 0. The summed E-state index contributed by atoms with van der Waals surface area (Å²) in [5.74, 6) is -1.17. The zero-order chi connectivity index (χ0) is 13.0. The number of amides is 1. The number of likely N-dealkylation sites (tertiary alicyclic amines) is 1. The highest BCUT2D eigenvalue weighted by molar-refractivity contribution is 5.82. The van der Waals surface area contributed by atoms with E-state index in [0.717, 1.165) is 13.1 Å². The van der Waals surface area contributed by atoms with Crippen LogP contribution >= 0.6 is 0 Å². The number of carboxylic acids is 1. The van der Waals surface area contributed by atoms with Crippen molar-refractivity contribution < 1.29 is 14.7 Å². The van der Waals surface area contributed by atoms with Gasteiger partial charge in [-0.1, -0.05) is 19.3 Å². The largest absolute Gasteiger partial charge is 0.480 e. The third-order valence-electron chi connectivity index (χ3n) is 4.24. The summed E-state index contributed by atoms with van der Waals surface area (Å²) in [6.45, 7) is 2.04. The fourth-order valence-corrected chi connectivity index (χ4v) is 3.31. The predicted molar refractivity (Wildman–Crippen MR) is 67.2 cm³/mol. The molecule has 0 aromatic heterocycles.